The largest absolute Gasteiger partial charge is 0.435 e. The van der Waals surface area contributed by atoms with Crippen LogP contribution in [0.5, 0.6) is 11.6 Å². The average Bonchev–Trinajstić information content (AvgIpc) is 2.26. The van der Waals surface area contributed by atoms with Crippen LogP contribution in [-0.2, 0) is 0 Å². The molecule has 0 fully saturated rings. The molecule has 1 aromatic carbocycles. The lowest BCUT2D eigenvalue weighted by atomic mass is 10.3. The molecule has 0 amide bonds. The molecule has 1 heterocycles. The Bertz CT molecular complexity index is 538. The molecular formula is C12H10Br2N2O. The number of pyridine rings is 1. The van der Waals surface area contributed by atoms with E-state index in [-0.39, 0.29) is 0 Å². The standard InChI is InChI=1S/C12H10Br2N2O/c1-7-5-8(13)6-16-12(7)17-11-9(14)3-2-4-10(11)15/h2-6H,15H2,1H3. The van der Waals surface area contributed by atoms with Gasteiger partial charge in [0.25, 0.3) is 0 Å². The minimum absolute atomic E-state index is 0.548. The molecule has 0 atom stereocenters. The lowest BCUT2D eigenvalue weighted by Gasteiger charge is -2.11. The zero-order chi connectivity index (χ0) is 12.4. The molecule has 2 N–H and O–H groups in total. The topological polar surface area (TPSA) is 48.1 Å². The maximum absolute atomic E-state index is 5.86. The van der Waals surface area contributed by atoms with Gasteiger partial charge in [0.15, 0.2) is 5.75 Å². The molecule has 0 spiro atoms. The van der Waals surface area contributed by atoms with E-state index in [2.05, 4.69) is 36.8 Å². The van der Waals surface area contributed by atoms with Crippen molar-refractivity contribution >= 4 is 37.5 Å². The average molecular weight is 358 g/mol. The van der Waals surface area contributed by atoms with Crippen molar-refractivity contribution in [2.45, 2.75) is 6.92 Å². The van der Waals surface area contributed by atoms with Gasteiger partial charge < -0.3 is 10.5 Å². The van der Waals surface area contributed by atoms with Gasteiger partial charge in [-0.05, 0) is 57.0 Å². The van der Waals surface area contributed by atoms with Crippen molar-refractivity contribution in [1.82, 2.24) is 4.98 Å². The van der Waals surface area contributed by atoms with Gasteiger partial charge >= 0.3 is 0 Å². The molecule has 17 heavy (non-hydrogen) atoms. The summed E-state index contributed by atoms with van der Waals surface area (Å²) in [7, 11) is 0. The zero-order valence-corrected chi connectivity index (χ0v) is 12.2. The number of hydrogen-bond donors (Lipinski definition) is 1. The van der Waals surface area contributed by atoms with E-state index in [1.807, 2.05) is 25.1 Å². The van der Waals surface area contributed by atoms with Crippen LogP contribution < -0.4 is 10.5 Å². The number of ether oxygens (including phenoxy) is 1. The van der Waals surface area contributed by atoms with E-state index >= 15 is 0 Å². The molecule has 0 radical (unpaired) electrons. The third kappa shape index (κ3) is 2.79. The highest BCUT2D eigenvalue weighted by Crippen LogP contribution is 2.35. The molecule has 3 nitrogen and oxygen atoms in total. The maximum atomic E-state index is 5.86. The summed E-state index contributed by atoms with van der Waals surface area (Å²) in [6, 6.07) is 7.46. The van der Waals surface area contributed by atoms with Gasteiger partial charge in [-0.1, -0.05) is 6.07 Å². The van der Waals surface area contributed by atoms with Crippen LogP contribution in [0.4, 0.5) is 5.69 Å². The Morgan fingerprint density at radius 1 is 1.29 bits per heavy atom. The Labute approximate surface area is 116 Å². The Morgan fingerprint density at radius 2 is 2.06 bits per heavy atom. The minimum atomic E-state index is 0.548. The van der Waals surface area contributed by atoms with Gasteiger partial charge in [0.05, 0.1) is 10.2 Å². The number of nitrogens with zero attached hydrogens (tertiary/aromatic N) is 1. The molecular weight excluding hydrogens is 348 g/mol. The van der Waals surface area contributed by atoms with Crippen molar-refractivity contribution in [1.29, 1.82) is 0 Å². The molecule has 0 aliphatic heterocycles. The van der Waals surface area contributed by atoms with Crippen molar-refractivity contribution < 1.29 is 4.74 Å². The highest BCUT2D eigenvalue weighted by Gasteiger charge is 2.09. The summed E-state index contributed by atoms with van der Waals surface area (Å²) in [6.45, 7) is 1.93. The SMILES string of the molecule is Cc1cc(Br)cnc1Oc1c(N)cccc1Br. The molecule has 0 unspecified atom stereocenters. The number of hydrogen-bond acceptors (Lipinski definition) is 3. The monoisotopic (exact) mass is 356 g/mol. The van der Waals surface area contributed by atoms with Gasteiger partial charge in [0, 0.05) is 16.2 Å². The predicted molar refractivity (Wildman–Crippen MR) is 75.3 cm³/mol. The summed E-state index contributed by atoms with van der Waals surface area (Å²) in [6.07, 6.45) is 1.69. The Kier molecular flexibility index (Phi) is 3.69. The second-order valence-electron chi connectivity index (χ2n) is 3.54. The smallest absolute Gasteiger partial charge is 0.222 e. The van der Waals surface area contributed by atoms with Crippen LogP contribution >= 0.6 is 31.9 Å². The van der Waals surface area contributed by atoms with Crippen LogP contribution in [-0.4, -0.2) is 4.98 Å². The van der Waals surface area contributed by atoms with Crippen molar-refractivity contribution in [3.05, 3.63) is 45.0 Å². The number of benzene rings is 1. The summed E-state index contributed by atoms with van der Waals surface area (Å²) in [5.41, 5.74) is 7.37. The molecule has 88 valence electrons. The van der Waals surface area contributed by atoms with E-state index in [0.717, 1.165) is 14.5 Å². The number of rotatable bonds is 2. The van der Waals surface area contributed by atoms with Crippen LogP contribution in [0.3, 0.4) is 0 Å². The van der Waals surface area contributed by atoms with E-state index in [1.165, 1.54) is 0 Å². The highest BCUT2D eigenvalue weighted by atomic mass is 79.9. The number of halogens is 2. The molecule has 0 aliphatic carbocycles. The number of para-hydroxylation sites is 1. The Hall–Kier alpha value is -1.07. The van der Waals surface area contributed by atoms with Crippen LogP contribution in [0.2, 0.25) is 0 Å². The highest BCUT2D eigenvalue weighted by molar-refractivity contribution is 9.10. The first kappa shape index (κ1) is 12.4. The lowest BCUT2D eigenvalue weighted by molar-refractivity contribution is 0.458. The second kappa shape index (κ2) is 5.06. The molecule has 0 aliphatic rings. The van der Waals surface area contributed by atoms with Gasteiger partial charge in [-0.3, -0.25) is 0 Å². The van der Waals surface area contributed by atoms with E-state index in [4.69, 9.17) is 10.5 Å². The van der Waals surface area contributed by atoms with Gasteiger partial charge in [-0.25, -0.2) is 4.98 Å². The normalized spacial score (nSPS) is 10.3. The van der Waals surface area contributed by atoms with Crippen LogP contribution in [0.25, 0.3) is 0 Å². The van der Waals surface area contributed by atoms with Crippen LogP contribution in [0.1, 0.15) is 5.56 Å². The molecule has 0 saturated heterocycles. The number of aromatic nitrogens is 1. The molecule has 2 aromatic rings. The summed E-state index contributed by atoms with van der Waals surface area (Å²) < 4.78 is 7.45. The molecule has 0 saturated carbocycles. The van der Waals surface area contributed by atoms with E-state index in [9.17, 15) is 0 Å². The summed E-state index contributed by atoms with van der Waals surface area (Å²) >= 11 is 6.76. The van der Waals surface area contributed by atoms with Crippen LogP contribution in [0.15, 0.2) is 39.4 Å². The van der Waals surface area contributed by atoms with E-state index in [1.54, 1.807) is 12.3 Å². The van der Waals surface area contributed by atoms with Crippen LogP contribution in [0, 0.1) is 6.92 Å². The van der Waals surface area contributed by atoms with Crippen molar-refractivity contribution in [3.63, 3.8) is 0 Å². The van der Waals surface area contributed by atoms with Crippen molar-refractivity contribution in [2.75, 3.05) is 5.73 Å². The number of nitrogen functional groups attached to an aromatic ring is 1. The molecule has 1 aromatic heterocycles. The first-order valence-corrected chi connectivity index (χ1v) is 6.50. The quantitative estimate of drug-likeness (QED) is 0.815. The zero-order valence-electron chi connectivity index (χ0n) is 9.08. The van der Waals surface area contributed by atoms with Crippen molar-refractivity contribution in [3.8, 4) is 11.6 Å². The molecule has 0 bridgehead atoms. The van der Waals surface area contributed by atoms with E-state index in [0.29, 0.717) is 17.3 Å². The fourth-order valence-corrected chi connectivity index (χ4v) is 2.27. The fourth-order valence-electron chi connectivity index (χ4n) is 1.36. The van der Waals surface area contributed by atoms with Gasteiger partial charge in [-0.2, -0.15) is 0 Å². The van der Waals surface area contributed by atoms with Gasteiger partial charge in [0.1, 0.15) is 0 Å². The molecule has 5 heteroatoms. The first-order valence-electron chi connectivity index (χ1n) is 4.92. The minimum Gasteiger partial charge on any atom is -0.435 e. The van der Waals surface area contributed by atoms with E-state index < -0.39 is 0 Å². The van der Waals surface area contributed by atoms with Crippen molar-refractivity contribution in [2.24, 2.45) is 0 Å². The Balaban J connectivity index is 2.38. The number of anilines is 1. The summed E-state index contributed by atoms with van der Waals surface area (Å²) in [5, 5.41) is 0. The summed E-state index contributed by atoms with van der Waals surface area (Å²) in [4.78, 5) is 4.21. The third-order valence-electron chi connectivity index (χ3n) is 2.19. The predicted octanol–water partition coefficient (Wildman–Crippen LogP) is 4.29. The lowest BCUT2D eigenvalue weighted by Crippen LogP contribution is -1.96. The fraction of sp³-hybridized carbons (Fsp3) is 0.0833. The number of nitrogens with two attached hydrogens (primary N) is 1. The van der Waals surface area contributed by atoms with Gasteiger partial charge in [-0.15, -0.1) is 0 Å². The molecule has 2 rings (SSSR count). The number of aryl methyl sites for hydroxylation is 1. The Morgan fingerprint density at radius 3 is 2.71 bits per heavy atom. The third-order valence-corrected chi connectivity index (χ3v) is 3.25. The second-order valence-corrected chi connectivity index (χ2v) is 5.31. The first-order chi connectivity index (χ1) is 8.08. The van der Waals surface area contributed by atoms with Gasteiger partial charge in [0.2, 0.25) is 5.88 Å². The summed E-state index contributed by atoms with van der Waals surface area (Å²) in [5.74, 6) is 1.14. The maximum Gasteiger partial charge on any atom is 0.222 e.